The van der Waals surface area contributed by atoms with Crippen LogP contribution in [0.4, 0.5) is 11.5 Å². The van der Waals surface area contributed by atoms with Gasteiger partial charge in [-0.3, -0.25) is 0 Å². The number of nitrogens with one attached hydrogen (secondary N) is 1. The average Bonchev–Trinajstić information content (AvgIpc) is 2.46. The highest BCUT2D eigenvalue weighted by molar-refractivity contribution is 5.90. The zero-order valence-corrected chi connectivity index (χ0v) is 11.9. The first-order valence-corrected chi connectivity index (χ1v) is 6.81. The van der Waals surface area contributed by atoms with Crippen molar-refractivity contribution in [2.45, 2.75) is 20.3 Å². The third kappa shape index (κ3) is 2.63. The van der Waals surface area contributed by atoms with Crippen LogP contribution in [0.2, 0.25) is 0 Å². The SMILES string of the molecule is CCc1cc(=O)oc2nc(C)nc(Nc3ccccc3)c12. The van der Waals surface area contributed by atoms with E-state index in [9.17, 15) is 4.79 Å². The molecule has 21 heavy (non-hydrogen) atoms. The highest BCUT2D eigenvalue weighted by Gasteiger charge is 2.13. The van der Waals surface area contributed by atoms with E-state index in [1.807, 2.05) is 37.3 Å². The van der Waals surface area contributed by atoms with Gasteiger partial charge in [0.25, 0.3) is 0 Å². The first-order chi connectivity index (χ1) is 10.2. The van der Waals surface area contributed by atoms with Crippen LogP contribution in [0.15, 0.2) is 45.6 Å². The van der Waals surface area contributed by atoms with E-state index in [0.717, 1.165) is 16.6 Å². The number of aromatic nitrogens is 2. The molecule has 2 aromatic heterocycles. The van der Waals surface area contributed by atoms with Crippen LogP contribution in [0.25, 0.3) is 11.1 Å². The minimum atomic E-state index is -0.386. The Kier molecular flexibility index (Phi) is 3.39. The number of rotatable bonds is 3. The molecule has 0 aliphatic carbocycles. The van der Waals surface area contributed by atoms with Gasteiger partial charge >= 0.3 is 5.63 Å². The number of hydrogen-bond acceptors (Lipinski definition) is 5. The molecule has 1 N–H and O–H groups in total. The van der Waals surface area contributed by atoms with Crippen molar-refractivity contribution in [2.75, 3.05) is 5.32 Å². The van der Waals surface area contributed by atoms with Gasteiger partial charge in [0.05, 0.1) is 5.39 Å². The fraction of sp³-hybridized carbons (Fsp3) is 0.188. The molecule has 0 atom stereocenters. The zero-order valence-electron chi connectivity index (χ0n) is 11.9. The van der Waals surface area contributed by atoms with Crippen molar-refractivity contribution in [1.82, 2.24) is 9.97 Å². The summed E-state index contributed by atoms with van der Waals surface area (Å²) in [6.45, 7) is 3.76. The molecule has 0 saturated heterocycles. The predicted octanol–water partition coefficient (Wildman–Crippen LogP) is 3.20. The van der Waals surface area contributed by atoms with Gasteiger partial charge in [0.2, 0.25) is 5.71 Å². The molecule has 106 valence electrons. The zero-order chi connectivity index (χ0) is 14.8. The molecule has 3 rings (SSSR count). The Hall–Kier alpha value is -2.69. The van der Waals surface area contributed by atoms with Crippen LogP contribution in [0.1, 0.15) is 18.3 Å². The molecule has 3 aromatic rings. The normalized spacial score (nSPS) is 10.8. The summed E-state index contributed by atoms with van der Waals surface area (Å²) in [5, 5.41) is 4.02. The first kappa shape index (κ1) is 13.3. The molecule has 1 aromatic carbocycles. The van der Waals surface area contributed by atoms with Crippen molar-refractivity contribution in [3.8, 4) is 0 Å². The summed E-state index contributed by atoms with van der Waals surface area (Å²) < 4.78 is 5.22. The van der Waals surface area contributed by atoms with Gasteiger partial charge in [0.15, 0.2) is 0 Å². The Morgan fingerprint density at radius 3 is 2.67 bits per heavy atom. The van der Waals surface area contributed by atoms with Gasteiger partial charge in [0, 0.05) is 11.8 Å². The van der Waals surface area contributed by atoms with Crippen molar-refractivity contribution in [2.24, 2.45) is 0 Å². The minimum absolute atomic E-state index is 0.324. The third-order valence-corrected chi connectivity index (χ3v) is 3.22. The largest absolute Gasteiger partial charge is 0.403 e. The Morgan fingerprint density at radius 2 is 1.95 bits per heavy atom. The van der Waals surface area contributed by atoms with Crippen LogP contribution in [0.5, 0.6) is 0 Å². The van der Waals surface area contributed by atoms with Crippen LogP contribution in [-0.2, 0) is 6.42 Å². The fourth-order valence-electron chi connectivity index (χ4n) is 2.28. The molecule has 5 nitrogen and oxygen atoms in total. The van der Waals surface area contributed by atoms with Gasteiger partial charge in [-0.05, 0) is 31.0 Å². The molecule has 5 heteroatoms. The molecule has 0 radical (unpaired) electrons. The van der Waals surface area contributed by atoms with E-state index in [4.69, 9.17) is 4.42 Å². The van der Waals surface area contributed by atoms with Crippen LogP contribution < -0.4 is 10.9 Å². The number of fused-ring (bicyclic) bond motifs is 1. The molecule has 2 heterocycles. The summed E-state index contributed by atoms with van der Waals surface area (Å²) in [4.78, 5) is 20.3. The van der Waals surface area contributed by atoms with Gasteiger partial charge in [-0.15, -0.1) is 0 Å². The second-order valence-corrected chi connectivity index (χ2v) is 4.73. The Bertz CT molecular complexity index is 841. The Labute approximate surface area is 121 Å². The molecule has 0 unspecified atom stereocenters. The van der Waals surface area contributed by atoms with E-state index >= 15 is 0 Å². The van der Waals surface area contributed by atoms with E-state index in [0.29, 0.717) is 23.8 Å². The highest BCUT2D eigenvalue weighted by Crippen LogP contribution is 2.26. The van der Waals surface area contributed by atoms with Gasteiger partial charge in [0.1, 0.15) is 11.6 Å². The number of hydrogen-bond donors (Lipinski definition) is 1. The minimum Gasteiger partial charge on any atom is -0.403 e. The smallest absolute Gasteiger partial charge is 0.337 e. The first-order valence-electron chi connectivity index (χ1n) is 6.81. The summed E-state index contributed by atoms with van der Waals surface area (Å²) in [6.07, 6.45) is 0.706. The molecule has 0 spiro atoms. The third-order valence-electron chi connectivity index (χ3n) is 3.22. The molecular weight excluding hydrogens is 266 g/mol. The quantitative estimate of drug-likeness (QED) is 0.798. The van der Waals surface area contributed by atoms with Crippen molar-refractivity contribution < 1.29 is 4.42 Å². The molecule has 0 amide bonds. The molecule has 0 saturated carbocycles. The number of benzene rings is 1. The van der Waals surface area contributed by atoms with Crippen molar-refractivity contribution >= 4 is 22.6 Å². The van der Waals surface area contributed by atoms with Crippen LogP contribution in [-0.4, -0.2) is 9.97 Å². The van der Waals surface area contributed by atoms with E-state index in [-0.39, 0.29) is 5.63 Å². The second-order valence-electron chi connectivity index (χ2n) is 4.73. The van der Waals surface area contributed by atoms with E-state index in [1.165, 1.54) is 6.07 Å². The number of aryl methyl sites for hydroxylation is 2. The molecular formula is C16H15N3O2. The standard InChI is InChI=1S/C16H15N3O2/c1-3-11-9-13(20)21-16-14(11)15(17-10(2)18-16)19-12-7-5-4-6-8-12/h4-9H,3H2,1-2H3,(H,17,18,19). The second kappa shape index (κ2) is 5.36. The lowest BCUT2D eigenvalue weighted by Crippen LogP contribution is -2.06. The van der Waals surface area contributed by atoms with Crippen molar-refractivity contribution in [3.63, 3.8) is 0 Å². The summed E-state index contributed by atoms with van der Waals surface area (Å²) in [5.74, 6) is 1.21. The summed E-state index contributed by atoms with van der Waals surface area (Å²) in [7, 11) is 0. The van der Waals surface area contributed by atoms with E-state index in [1.54, 1.807) is 6.92 Å². The number of anilines is 2. The highest BCUT2D eigenvalue weighted by atomic mass is 16.4. The number of nitrogens with zero attached hydrogens (tertiary/aromatic N) is 2. The van der Waals surface area contributed by atoms with Gasteiger partial charge in [-0.1, -0.05) is 25.1 Å². The van der Waals surface area contributed by atoms with Gasteiger partial charge in [-0.2, -0.15) is 4.98 Å². The topological polar surface area (TPSA) is 68.0 Å². The van der Waals surface area contributed by atoms with Gasteiger partial charge in [-0.25, -0.2) is 9.78 Å². The van der Waals surface area contributed by atoms with Crippen molar-refractivity contribution in [1.29, 1.82) is 0 Å². The maximum Gasteiger partial charge on any atom is 0.337 e. The lowest BCUT2D eigenvalue weighted by molar-refractivity contribution is 0.545. The van der Waals surface area contributed by atoms with Crippen LogP contribution >= 0.6 is 0 Å². The summed E-state index contributed by atoms with van der Waals surface area (Å²) >= 11 is 0. The van der Waals surface area contributed by atoms with Gasteiger partial charge < -0.3 is 9.73 Å². The average molecular weight is 281 g/mol. The summed E-state index contributed by atoms with van der Waals surface area (Å²) in [5.41, 5.74) is 1.73. The molecule has 0 fully saturated rings. The lowest BCUT2D eigenvalue weighted by Gasteiger charge is -2.11. The Morgan fingerprint density at radius 1 is 1.19 bits per heavy atom. The van der Waals surface area contributed by atoms with Crippen LogP contribution in [0, 0.1) is 6.92 Å². The van der Waals surface area contributed by atoms with Crippen LogP contribution in [0.3, 0.4) is 0 Å². The fourth-order valence-corrected chi connectivity index (χ4v) is 2.28. The molecule has 0 aliphatic rings. The maximum atomic E-state index is 11.6. The lowest BCUT2D eigenvalue weighted by atomic mass is 10.1. The molecule has 0 bridgehead atoms. The van der Waals surface area contributed by atoms with E-state index < -0.39 is 0 Å². The summed E-state index contributed by atoms with van der Waals surface area (Å²) in [6, 6.07) is 11.2. The van der Waals surface area contributed by atoms with Crippen molar-refractivity contribution in [3.05, 3.63) is 58.2 Å². The van der Waals surface area contributed by atoms with E-state index in [2.05, 4.69) is 15.3 Å². The number of para-hydroxylation sites is 1. The predicted molar refractivity (Wildman–Crippen MR) is 81.9 cm³/mol. The Balaban J connectivity index is 2.23. The molecule has 0 aliphatic heterocycles. The maximum absolute atomic E-state index is 11.6. The monoisotopic (exact) mass is 281 g/mol.